The van der Waals surface area contributed by atoms with E-state index in [4.69, 9.17) is 11.1 Å². The van der Waals surface area contributed by atoms with E-state index in [1.807, 2.05) is 0 Å². The number of aliphatic imine (C=N–C) groups is 1. The van der Waals surface area contributed by atoms with Crippen molar-refractivity contribution in [3.63, 3.8) is 0 Å². The summed E-state index contributed by atoms with van der Waals surface area (Å²) in [6.45, 7) is 0.827. The molecule has 0 aromatic heterocycles. The first-order chi connectivity index (χ1) is 6.76. The Kier molecular flexibility index (Phi) is 7.70. The summed E-state index contributed by atoms with van der Waals surface area (Å²) in [5.74, 6) is -0.515. The van der Waals surface area contributed by atoms with Crippen LogP contribution in [0.1, 0.15) is 6.92 Å². The van der Waals surface area contributed by atoms with Crippen LogP contribution in [0.15, 0.2) is 4.99 Å². The third-order valence-electron chi connectivity index (χ3n) is 1.33. The highest BCUT2D eigenvalue weighted by Gasteiger charge is 2.30. The molecule has 0 radical (unpaired) electrons. The van der Waals surface area contributed by atoms with Crippen LogP contribution < -0.4 is 11.1 Å². The van der Waals surface area contributed by atoms with Crippen LogP contribution in [0.5, 0.6) is 0 Å². The molecule has 0 aromatic rings. The van der Waals surface area contributed by atoms with Gasteiger partial charge in [-0.2, -0.15) is 13.2 Å². The van der Waals surface area contributed by atoms with Crippen molar-refractivity contribution >= 4 is 24.3 Å². The Labute approximate surface area is 97.8 Å². The first kappa shape index (κ1) is 17.2. The summed E-state index contributed by atoms with van der Waals surface area (Å²) in [5, 5.41) is 9.15. The van der Waals surface area contributed by atoms with E-state index >= 15 is 0 Å². The number of nitrogens with zero attached hydrogens (tertiary/aromatic N) is 2. The standard InChI is InChI=1S/C7H14F3N5.ClH/c1-3-13-6(14-5(11)12)15(2)4-7(8,9)10;/h3-4H2,1-2H3,(H4,11,12,13,14);1H. The van der Waals surface area contributed by atoms with E-state index in [1.54, 1.807) is 6.92 Å². The van der Waals surface area contributed by atoms with Gasteiger partial charge in [0.25, 0.3) is 0 Å². The van der Waals surface area contributed by atoms with Gasteiger partial charge in [-0.1, -0.05) is 0 Å². The normalized spacial score (nSPS) is 11.7. The molecule has 0 fully saturated rings. The van der Waals surface area contributed by atoms with Gasteiger partial charge in [-0.15, -0.1) is 12.4 Å². The van der Waals surface area contributed by atoms with Crippen molar-refractivity contribution in [2.45, 2.75) is 13.1 Å². The van der Waals surface area contributed by atoms with E-state index in [1.165, 1.54) is 7.05 Å². The van der Waals surface area contributed by atoms with Crippen molar-refractivity contribution in [2.24, 2.45) is 10.7 Å². The van der Waals surface area contributed by atoms with Gasteiger partial charge in [0.1, 0.15) is 6.54 Å². The lowest BCUT2D eigenvalue weighted by Crippen LogP contribution is -2.47. The van der Waals surface area contributed by atoms with Crippen LogP contribution in [0.3, 0.4) is 0 Å². The lowest BCUT2D eigenvalue weighted by molar-refractivity contribution is -0.135. The maximum Gasteiger partial charge on any atom is 0.406 e. The molecule has 0 bridgehead atoms. The van der Waals surface area contributed by atoms with Crippen LogP contribution in [0.4, 0.5) is 13.2 Å². The van der Waals surface area contributed by atoms with Crippen molar-refractivity contribution in [3.8, 4) is 0 Å². The molecule has 0 saturated heterocycles. The minimum absolute atomic E-state index is 0. The van der Waals surface area contributed by atoms with Crippen molar-refractivity contribution in [1.29, 1.82) is 5.41 Å². The molecule has 0 aliphatic carbocycles. The maximum atomic E-state index is 12.0. The molecular weight excluding hydrogens is 247 g/mol. The average molecular weight is 262 g/mol. The number of rotatable bonds is 2. The number of nitrogens with two attached hydrogens (primary N) is 1. The Morgan fingerprint density at radius 3 is 2.31 bits per heavy atom. The highest BCUT2D eigenvalue weighted by molar-refractivity contribution is 5.96. The number of hydrogen-bond acceptors (Lipinski definition) is 2. The van der Waals surface area contributed by atoms with Crippen molar-refractivity contribution < 1.29 is 13.2 Å². The van der Waals surface area contributed by atoms with Crippen LogP contribution in [0.2, 0.25) is 0 Å². The summed E-state index contributed by atoms with van der Waals surface area (Å²) in [6, 6.07) is 0. The largest absolute Gasteiger partial charge is 0.406 e. The number of guanidine groups is 2. The molecule has 0 unspecified atom stereocenters. The minimum Gasteiger partial charge on any atom is -0.370 e. The van der Waals surface area contributed by atoms with Crippen LogP contribution in [-0.4, -0.2) is 43.1 Å². The van der Waals surface area contributed by atoms with Crippen molar-refractivity contribution in [1.82, 2.24) is 10.2 Å². The molecule has 0 saturated carbocycles. The smallest absolute Gasteiger partial charge is 0.370 e. The predicted molar refractivity (Wildman–Crippen MR) is 59.0 cm³/mol. The molecule has 0 spiro atoms. The Bertz CT molecular complexity index is 253. The Morgan fingerprint density at radius 1 is 1.50 bits per heavy atom. The third kappa shape index (κ3) is 8.16. The summed E-state index contributed by atoms with van der Waals surface area (Å²) in [5.41, 5.74) is 5.01. The zero-order chi connectivity index (χ0) is 12.1. The van der Waals surface area contributed by atoms with E-state index in [0.29, 0.717) is 6.54 Å². The van der Waals surface area contributed by atoms with E-state index in [9.17, 15) is 13.2 Å². The number of halogens is 4. The van der Waals surface area contributed by atoms with E-state index in [-0.39, 0.29) is 18.4 Å². The van der Waals surface area contributed by atoms with Crippen LogP contribution in [0.25, 0.3) is 0 Å². The van der Waals surface area contributed by atoms with Gasteiger partial charge in [0.05, 0.1) is 0 Å². The second kappa shape index (κ2) is 7.15. The molecule has 0 aliphatic rings. The van der Waals surface area contributed by atoms with E-state index < -0.39 is 18.7 Å². The van der Waals surface area contributed by atoms with Gasteiger partial charge in [0.2, 0.25) is 5.96 Å². The van der Waals surface area contributed by atoms with E-state index in [0.717, 1.165) is 4.90 Å². The fourth-order valence-electron chi connectivity index (χ4n) is 0.870. The number of hydrogen-bond donors (Lipinski definition) is 3. The molecule has 96 valence electrons. The van der Waals surface area contributed by atoms with Crippen molar-refractivity contribution in [2.75, 3.05) is 20.1 Å². The van der Waals surface area contributed by atoms with Gasteiger partial charge in [-0.3, -0.25) is 15.7 Å². The summed E-state index contributed by atoms with van der Waals surface area (Å²) in [6.07, 6.45) is -4.32. The van der Waals surface area contributed by atoms with Crippen molar-refractivity contribution in [3.05, 3.63) is 0 Å². The quantitative estimate of drug-likeness (QED) is 0.507. The number of nitrogens with one attached hydrogen (secondary N) is 2. The fraction of sp³-hybridized carbons (Fsp3) is 0.714. The molecule has 9 heteroatoms. The molecule has 0 rings (SSSR count). The van der Waals surface area contributed by atoms with E-state index in [2.05, 4.69) is 10.3 Å². The SMILES string of the molecule is CCN=C(NC(=N)N)N(C)CC(F)(F)F.Cl. The first-order valence-corrected chi connectivity index (χ1v) is 4.19. The van der Waals surface area contributed by atoms with Gasteiger partial charge in [-0.25, -0.2) is 0 Å². The molecule has 0 heterocycles. The summed E-state index contributed by atoms with van der Waals surface area (Å²) < 4.78 is 36.1. The summed E-state index contributed by atoms with van der Waals surface area (Å²) >= 11 is 0. The molecular formula is C7H15ClF3N5. The maximum absolute atomic E-state index is 12.0. The minimum atomic E-state index is -4.32. The average Bonchev–Trinajstić information content (AvgIpc) is 1.99. The Balaban J connectivity index is 0. The number of alkyl halides is 3. The lowest BCUT2D eigenvalue weighted by Gasteiger charge is -2.22. The highest BCUT2D eigenvalue weighted by atomic mass is 35.5. The lowest BCUT2D eigenvalue weighted by atomic mass is 10.5. The third-order valence-corrected chi connectivity index (χ3v) is 1.33. The molecule has 5 nitrogen and oxygen atoms in total. The second-order valence-corrected chi connectivity index (χ2v) is 2.81. The molecule has 4 N–H and O–H groups in total. The zero-order valence-corrected chi connectivity index (χ0v) is 9.74. The van der Waals surface area contributed by atoms with Gasteiger partial charge in [0.15, 0.2) is 5.96 Å². The van der Waals surface area contributed by atoms with Crippen LogP contribution in [-0.2, 0) is 0 Å². The highest BCUT2D eigenvalue weighted by Crippen LogP contribution is 2.15. The summed E-state index contributed by atoms with van der Waals surface area (Å²) in [7, 11) is 1.22. The molecule has 0 amide bonds. The van der Waals surface area contributed by atoms with Gasteiger partial charge >= 0.3 is 6.18 Å². The van der Waals surface area contributed by atoms with Gasteiger partial charge in [-0.05, 0) is 6.92 Å². The molecule has 0 aromatic carbocycles. The summed E-state index contributed by atoms with van der Waals surface area (Å²) in [4.78, 5) is 4.61. The molecule has 16 heavy (non-hydrogen) atoms. The van der Waals surface area contributed by atoms with Crippen LogP contribution in [0, 0.1) is 5.41 Å². The van der Waals surface area contributed by atoms with Gasteiger partial charge < -0.3 is 10.6 Å². The zero-order valence-electron chi connectivity index (χ0n) is 8.93. The Hall–Kier alpha value is -1.18. The molecule has 0 aliphatic heterocycles. The Morgan fingerprint density at radius 2 is 2.00 bits per heavy atom. The fourth-order valence-corrected chi connectivity index (χ4v) is 0.870. The second-order valence-electron chi connectivity index (χ2n) is 2.81. The monoisotopic (exact) mass is 261 g/mol. The topological polar surface area (TPSA) is 77.5 Å². The first-order valence-electron chi connectivity index (χ1n) is 4.19. The molecule has 0 atom stereocenters. The van der Waals surface area contributed by atoms with Crippen LogP contribution >= 0.6 is 12.4 Å². The van der Waals surface area contributed by atoms with Gasteiger partial charge in [0, 0.05) is 13.6 Å². The predicted octanol–water partition coefficient (Wildman–Crippen LogP) is 0.761.